The number of halogens is 1. The van der Waals surface area contributed by atoms with Gasteiger partial charge in [-0.2, -0.15) is 5.26 Å². The van der Waals surface area contributed by atoms with Gasteiger partial charge in [-0.25, -0.2) is 0 Å². The van der Waals surface area contributed by atoms with Gasteiger partial charge in [0.05, 0.1) is 21.6 Å². The van der Waals surface area contributed by atoms with E-state index >= 15 is 0 Å². The van der Waals surface area contributed by atoms with Crippen LogP contribution in [-0.4, -0.2) is 4.92 Å². The summed E-state index contributed by atoms with van der Waals surface area (Å²) in [7, 11) is 0. The maximum atomic E-state index is 10.8. The topological polar surface area (TPSA) is 66.9 Å². The zero-order valence-electron chi connectivity index (χ0n) is 8.82. The molecule has 4 nitrogen and oxygen atoms in total. The number of nitro groups is 1. The molecule has 0 aliphatic rings. The van der Waals surface area contributed by atoms with Crippen LogP contribution in [0, 0.1) is 28.4 Å². The summed E-state index contributed by atoms with van der Waals surface area (Å²) in [5.74, 6) is 0. The Bertz CT molecular complexity index is 515. The van der Waals surface area contributed by atoms with Crippen LogP contribution in [0.4, 0.5) is 5.69 Å². The highest BCUT2D eigenvalue weighted by atomic mass is 35.5. The molecule has 0 unspecified atom stereocenters. The van der Waals surface area contributed by atoms with Crippen molar-refractivity contribution in [1.82, 2.24) is 0 Å². The van der Waals surface area contributed by atoms with Crippen LogP contribution in [0.1, 0.15) is 18.1 Å². The quantitative estimate of drug-likeness (QED) is 0.449. The average molecular weight is 237 g/mol. The first-order valence-electron chi connectivity index (χ1n) is 4.49. The fourth-order valence-corrected chi connectivity index (χ4v) is 1.43. The van der Waals surface area contributed by atoms with E-state index in [2.05, 4.69) is 0 Å². The van der Waals surface area contributed by atoms with E-state index in [0.717, 1.165) is 5.56 Å². The van der Waals surface area contributed by atoms with Crippen LogP contribution in [0.5, 0.6) is 0 Å². The lowest BCUT2D eigenvalue weighted by Crippen LogP contribution is -1.94. The lowest BCUT2D eigenvalue weighted by atomic mass is 10.1. The van der Waals surface area contributed by atoms with Crippen molar-refractivity contribution >= 4 is 22.3 Å². The van der Waals surface area contributed by atoms with Gasteiger partial charge in [-0.05, 0) is 25.5 Å². The molecule has 5 heteroatoms. The Kier molecular flexibility index (Phi) is 3.64. The normalized spacial score (nSPS) is 11.6. The first-order chi connectivity index (χ1) is 7.47. The van der Waals surface area contributed by atoms with Gasteiger partial charge in [0.2, 0.25) is 0 Å². The van der Waals surface area contributed by atoms with Crippen molar-refractivity contribution in [2.75, 3.05) is 0 Å². The highest BCUT2D eigenvalue weighted by Gasteiger charge is 2.17. The molecule has 82 valence electrons. The first kappa shape index (κ1) is 12.2. The molecule has 0 atom stereocenters. The van der Waals surface area contributed by atoms with Gasteiger partial charge in [0.15, 0.2) is 0 Å². The number of allylic oxidation sites excluding steroid dienone is 1. The molecule has 1 aromatic carbocycles. The molecule has 0 aromatic heterocycles. The summed E-state index contributed by atoms with van der Waals surface area (Å²) in [5.41, 5.74) is 1.30. The van der Waals surface area contributed by atoms with Gasteiger partial charge in [0, 0.05) is 11.6 Å². The van der Waals surface area contributed by atoms with Crippen molar-refractivity contribution in [1.29, 1.82) is 5.26 Å². The average Bonchev–Trinajstić information content (AvgIpc) is 2.26. The number of benzene rings is 1. The van der Waals surface area contributed by atoms with Gasteiger partial charge in [0.25, 0.3) is 5.69 Å². The summed E-state index contributed by atoms with van der Waals surface area (Å²) in [4.78, 5) is 10.3. The zero-order chi connectivity index (χ0) is 12.3. The van der Waals surface area contributed by atoms with Crippen molar-refractivity contribution in [3.63, 3.8) is 0 Å². The Balaban J connectivity index is 3.49. The van der Waals surface area contributed by atoms with Gasteiger partial charge in [-0.3, -0.25) is 10.1 Å². The number of hydrogen-bond acceptors (Lipinski definition) is 3. The molecule has 0 radical (unpaired) electrons. The SMILES string of the molecule is CC(C#N)=C(Cl)c1cc(C)ccc1[N+](=O)[O-]. The van der Waals surface area contributed by atoms with Crippen molar-refractivity contribution in [3.8, 4) is 6.07 Å². The van der Waals surface area contributed by atoms with Gasteiger partial charge in [0.1, 0.15) is 0 Å². The third-order valence-corrected chi connectivity index (χ3v) is 2.57. The van der Waals surface area contributed by atoms with Crippen LogP contribution in [0.15, 0.2) is 23.8 Å². The standard InChI is InChI=1S/C11H9ClN2O2/c1-7-3-4-10(14(15)16)9(5-7)11(12)8(2)6-13/h3-5H,1-2H3. The van der Waals surface area contributed by atoms with Crippen LogP contribution in [0.2, 0.25) is 0 Å². The molecule has 0 saturated heterocycles. The fourth-order valence-electron chi connectivity index (χ4n) is 1.24. The van der Waals surface area contributed by atoms with Gasteiger partial charge < -0.3 is 0 Å². The Morgan fingerprint density at radius 2 is 2.19 bits per heavy atom. The molecule has 0 amide bonds. The molecule has 0 aliphatic heterocycles. The number of nitro benzene ring substituents is 1. The Labute approximate surface area is 97.9 Å². The van der Waals surface area contributed by atoms with Gasteiger partial charge in [-0.15, -0.1) is 0 Å². The maximum Gasteiger partial charge on any atom is 0.278 e. The highest BCUT2D eigenvalue weighted by molar-refractivity contribution is 6.50. The zero-order valence-corrected chi connectivity index (χ0v) is 9.58. The van der Waals surface area contributed by atoms with E-state index in [9.17, 15) is 10.1 Å². The van der Waals surface area contributed by atoms with Crippen LogP contribution in [0.3, 0.4) is 0 Å². The van der Waals surface area contributed by atoms with Crippen LogP contribution >= 0.6 is 11.6 Å². The Morgan fingerprint density at radius 1 is 1.56 bits per heavy atom. The van der Waals surface area contributed by atoms with E-state index in [1.807, 2.05) is 6.07 Å². The van der Waals surface area contributed by atoms with E-state index in [1.165, 1.54) is 13.0 Å². The molecule has 1 aromatic rings. The first-order valence-corrected chi connectivity index (χ1v) is 4.87. The van der Waals surface area contributed by atoms with Gasteiger partial charge in [-0.1, -0.05) is 17.7 Å². The summed E-state index contributed by atoms with van der Waals surface area (Å²) in [6.07, 6.45) is 0. The van der Waals surface area contributed by atoms with Crippen LogP contribution in [-0.2, 0) is 0 Å². The summed E-state index contributed by atoms with van der Waals surface area (Å²) in [6.45, 7) is 3.33. The largest absolute Gasteiger partial charge is 0.278 e. The smallest absolute Gasteiger partial charge is 0.258 e. The summed E-state index contributed by atoms with van der Waals surface area (Å²) in [5, 5.41) is 19.6. The number of nitriles is 1. The number of aryl methyl sites for hydroxylation is 1. The fraction of sp³-hybridized carbons (Fsp3) is 0.182. The minimum atomic E-state index is -0.512. The molecular weight excluding hydrogens is 228 g/mol. The summed E-state index contributed by atoms with van der Waals surface area (Å²) in [6, 6.07) is 6.49. The molecule has 1 rings (SSSR count). The maximum absolute atomic E-state index is 10.8. The summed E-state index contributed by atoms with van der Waals surface area (Å²) >= 11 is 5.93. The molecule has 16 heavy (non-hydrogen) atoms. The van der Waals surface area contributed by atoms with E-state index in [1.54, 1.807) is 19.1 Å². The second kappa shape index (κ2) is 4.77. The minimum Gasteiger partial charge on any atom is -0.258 e. The third-order valence-electron chi connectivity index (χ3n) is 2.08. The molecule has 0 bridgehead atoms. The molecule has 0 saturated carbocycles. The van der Waals surface area contributed by atoms with Crippen molar-refractivity contribution < 1.29 is 4.92 Å². The number of rotatable bonds is 2. The minimum absolute atomic E-state index is 0.0924. The third kappa shape index (κ3) is 2.38. The molecule has 0 aliphatic carbocycles. The van der Waals surface area contributed by atoms with Gasteiger partial charge >= 0.3 is 0 Å². The molecule has 0 fully saturated rings. The van der Waals surface area contributed by atoms with E-state index < -0.39 is 4.92 Å². The second-order valence-electron chi connectivity index (χ2n) is 3.33. The Hall–Kier alpha value is -1.86. The van der Waals surface area contributed by atoms with E-state index in [-0.39, 0.29) is 21.9 Å². The predicted molar refractivity (Wildman–Crippen MR) is 61.9 cm³/mol. The van der Waals surface area contributed by atoms with Crippen LogP contribution < -0.4 is 0 Å². The lowest BCUT2D eigenvalue weighted by molar-refractivity contribution is -0.385. The van der Waals surface area contributed by atoms with Crippen molar-refractivity contribution in [3.05, 3.63) is 45.0 Å². The highest BCUT2D eigenvalue weighted by Crippen LogP contribution is 2.31. The second-order valence-corrected chi connectivity index (χ2v) is 3.71. The van der Waals surface area contributed by atoms with Crippen molar-refractivity contribution in [2.45, 2.75) is 13.8 Å². The molecule has 0 N–H and O–H groups in total. The van der Waals surface area contributed by atoms with E-state index in [0.29, 0.717) is 0 Å². The predicted octanol–water partition coefficient (Wildman–Crippen LogP) is 3.40. The number of nitrogens with zero attached hydrogens (tertiary/aromatic N) is 2. The molecular formula is C11H9ClN2O2. The lowest BCUT2D eigenvalue weighted by Gasteiger charge is -2.03. The Morgan fingerprint density at radius 3 is 2.69 bits per heavy atom. The van der Waals surface area contributed by atoms with Crippen molar-refractivity contribution in [2.24, 2.45) is 0 Å². The van der Waals surface area contributed by atoms with Crippen LogP contribution in [0.25, 0.3) is 5.03 Å². The van der Waals surface area contributed by atoms with E-state index in [4.69, 9.17) is 16.9 Å². The number of hydrogen-bond donors (Lipinski definition) is 0. The molecule has 0 heterocycles. The summed E-state index contributed by atoms with van der Waals surface area (Å²) < 4.78 is 0. The molecule has 0 spiro atoms. The monoisotopic (exact) mass is 236 g/mol.